The number of para-hydroxylation sites is 1. The van der Waals surface area contributed by atoms with Crippen LogP contribution >= 0.6 is 11.3 Å². The fourth-order valence-corrected chi connectivity index (χ4v) is 5.10. The third kappa shape index (κ3) is 5.52. The summed E-state index contributed by atoms with van der Waals surface area (Å²) in [6.07, 6.45) is 2.55. The predicted octanol–water partition coefficient (Wildman–Crippen LogP) is 3.36. The van der Waals surface area contributed by atoms with Gasteiger partial charge >= 0.3 is 0 Å². The third-order valence-corrected chi connectivity index (χ3v) is 6.99. The molecule has 0 amide bonds. The van der Waals surface area contributed by atoms with Gasteiger partial charge in [-0.15, -0.1) is 11.3 Å². The van der Waals surface area contributed by atoms with E-state index in [1.54, 1.807) is 0 Å². The van der Waals surface area contributed by atoms with Crippen LogP contribution in [0.1, 0.15) is 17.7 Å². The number of nitrogens with one attached hydrogen (secondary N) is 1. The van der Waals surface area contributed by atoms with Gasteiger partial charge in [0.25, 0.3) is 0 Å². The standard InChI is InChI=1S/C23H33N5S/c1-24-23(28-15-13-27(14-16-28)21-6-3-2-4-7-21)25-18-20-9-11-26(12-10-20)19-22-8-5-17-29-22/h2-8,17,20H,9-16,18-19H2,1H3,(H,24,25). The molecule has 0 bridgehead atoms. The van der Waals surface area contributed by atoms with Crippen LogP contribution in [-0.4, -0.2) is 68.6 Å². The number of likely N-dealkylation sites (tertiary alicyclic amines) is 1. The molecule has 6 heteroatoms. The number of piperidine rings is 1. The van der Waals surface area contributed by atoms with Gasteiger partial charge in [-0.1, -0.05) is 24.3 Å². The largest absolute Gasteiger partial charge is 0.368 e. The minimum atomic E-state index is 0.747. The minimum absolute atomic E-state index is 0.747. The van der Waals surface area contributed by atoms with Gasteiger partial charge in [-0.05, 0) is 55.4 Å². The predicted molar refractivity (Wildman–Crippen MR) is 124 cm³/mol. The number of aliphatic imine (C=N–C) groups is 1. The molecule has 2 saturated heterocycles. The van der Waals surface area contributed by atoms with E-state index in [2.05, 4.69) is 72.9 Å². The SMILES string of the molecule is CN=C(NCC1CCN(Cc2cccs2)CC1)N1CCN(c2ccccc2)CC1. The molecule has 4 rings (SSSR count). The van der Waals surface area contributed by atoms with Gasteiger partial charge in [0.05, 0.1) is 0 Å². The van der Waals surface area contributed by atoms with Crippen LogP contribution < -0.4 is 10.2 Å². The van der Waals surface area contributed by atoms with E-state index in [4.69, 9.17) is 0 Å². The van der Waals surface area contributed by atoms with Crippen molar-refractivity contribution in [2.75, 3.05) is 57.8 Å². The van der Waals surface area contributed by atoms with Gasteiger partial charge in [0, 0.05) is 56.9 Å². The van der Waals surface area contributed by atoms with Crippen molar-refractivity contribution in [2.45, 2.75) is 19.4 Å². The van der Waals surface area contributed by atoms with Crippen molar-refractivity contribution in [3.8, 4) is 0 Å². The summed E-state index contributed by atoms with van der Waals surface area (Å²) in [4.78, 5) is 13.5. The second kappa shape index (κ2) is 10.1. The topological polar surface area (TPSA) is 34.1 Å². The first-order valence-corrected chi connectivity index (χ1v) is 11.7. The summed E-state index contributed by atoms with van der Waals surface area (Å²) in [5.74, 6) is 1.82. The Kier molecular flexibility index (Phi) is 7.06. The van der Waals surface area contributed by atoms with Gasteiger partial charge < -0.3 is 15.1 Å². The van der Waals surface area contributed by atoms with Crippen LogP contribution in [-0.2, 0) is 6.54 Å². The Morgan fingerprint density at radius 2 is 1.76 bits per heavy atom. The van der Waals surface area contributed by atoms with Crippen LogP contribution in [0.4, 0.5) is 5.69 Å². The normalized spacial score (nSPS) is 19.6. The molecule has 1 aromatic carbocycles. The van der Waals surface area contributed by atoms with Crippen LogP contribution in [0.25, 0.3) is 0 Å². The second-order valence-electron chi connectivity index (χ2n) is 8.04. The Morgan fingerprint density at radius 3 is 2.41 bits per heavy atom. The fourth-order valence-electron chi connectivity index (χ4n) is 4.35. The van der Waals surface area contributed by atoms with Crippen LogP contribution in [0, 0.1) is 5.92 Å². The Morgan fingerprint density at radius 1 is 1.00 bits per heavy atom. The van der Waals surface area contributed by atoms with Gasteiger partial charge in [0.15, 0.2) is 5.96 Å². The quantitative estimate of drug-likeness (QED) is 0.604. The lowest BCUT2D eigenvalue weighted by atomic mass is 9.97. The summed E-state index contributed by atoms with van der Waals surface area (Å²) in [7, 11) is 1.91. The number of anilines is 1. The molecule has 3 heterocycles. The number of hydrogen-bond acceptors (Lipinski definition) is 4. The van der Waals surface area contributed by atoms with Crippen LogP contribution in [0.5, 0.6) is 0 Å². The van der Waals surface area contributed by atoms with Crippen LogP contribution in [0.2, 0.25) is 0 Å². The summed E-state index contributed by atoms with van der Waals surface area (Å²) in [6, 6.07) is 15.1. The van der Waals surface area contributed by atoms with Gasteiger partial charge in [-0.3, -0.25) is 9.89 Å². The monoisotopic (exact) mass is 411 g/mol. The summed E-state index contributed by atoms with van der Waals surface area (Å²) in [6.45, 7) is 8.71. The van der Waals surface area contributed by atoms with Crippen molar-refractivity contribution in [3.05, 3.63) is 52.7 Å². The summed E-state index contributed by atoms with van der Waals surface area (Å²) in [5.41, 5.74) is 1.32. The summed E-state index contributed by atoms with van der Waals surface area (Å²) >= 11 is 1.87. The molecule has 0 spiro atoms. The number of piperazine rings is 1. The number of nitrogens with zero attached hydrogens (tertiary/aromatic N) is 4. The Labute approximate surface area is 179 Å². The average molecular weight is 412 g/mol. The summed E-state index contributed by atoms with van der Waals surface area (Å²) in [5, 5.41) is 5.84. The first-order chi connectivity index (χ1) is 14.3. The third-order valence-electron chi connectivity index (χ3n) is 6.13. The molecule has 2 fully saturated rings. The second-order valence-corrected chi connectivity index (χ2v) is 9.07. The average Bonchev–Trinajstić information content (AvgIpc) is 3.29. The molecule has 0 unspecified atom stereocenters. The molecule has 5 nitrogen and oxygen atoms in total. The zero-order chi connectivity index (χ0) is 19.9. The number of rotatable bonds is 5. The van der Waals surface area contributed by atoms with E-state index in [1.165, 1.54) is 36.5 Å². The highest BCUT2D eigenvalue weighted by Crippen LogP contribution is 2.20. The molecule has 0 atom stereocenters. The van der Waals surface area contributed by atoms with Crippen molar-refractivity contribution in [2.24, 2.45) is 10.9 Å². The summed E-state index contributed by atoms with van der Waals surface area (Å²) < 4.78 is 0. The highest BCUT2D eigenvalue weighted by Gasteiger charge is 2.22. The number of benzene rings is 1. The van der Waals surface area contributed by atoms with E-state index in [-0.39, 0.29) is 0 Å². The molecular formula is C23H33N5S. The smallest absolute Gasteiger partial charge is 0.193 e. The first kappa shape index (κ1) is 20.2. The van der Waals surface area contributed by atoms with Crippen molar-refractivity contribution in [1.82, 2.24) is 15.1 Å². The zero-order valence-electron chi connectivity index (χ0n) is 17.5. The lowest BCUT2D eigenvalue weighted by Gasteiger charge is -2.38. The van der Waals surface area contributed by atoms with E-state index < -0.39 is 0 Å². The Hall–Kier alpha value is -2.05. The molecule has 2 aliphatic heterocycles. The molecule has 1 aromatic heterocycles. The van der Waals surface area contributed by atoms with Crippen molar-refractivity contribution in [1.29, 1.82) is 0 Å². The Bertz CT molecular complexity index is 745. The molecule has 2 aliphatic rings. The van der Waals surface area contributed by atoms with Crippen molar-refractivity contribution in [3.63, 3.8) is 0 Å². The fraction of sp³-hybridized carbons (Fsp3) is 0.522. The van der Waals surface area contributed by atoms with E-state index in [0.717, 1.165) is 51.1 Å². The van der Waals surface area contributed by atoms with E-state index in [0.29, 0.717) is 0 Å². The van der Waals surface area contributed by atoms with Gasteiger partial charge in [0.1, 0.15) is 0 Å². The van der Waals surface area contributed by atoms with E-state index in [9.17, 15) is 0 Å². The van der Waals surface area contributed by atoms with Crippen LogP contribution in [0.3, 0.4) is 0 Å². The minimum Gasteiger partial charge on any atom is -0.368 e. The molecule has 1 N–H and O–H groups in total. The molecular weight excluding hydrogens is 378 g/mol. The highest BCUT2D eigenvalue weighted by molar-refractivity contribution is 7.09. The lowest BCUT2D eigenvalue weighted by molar-refractivity contribution is 0.178. The molecule has 29 heavy (non-hydrogen) atoms. The number of hydrogen-bond donors (Lipinski definition) is 1. The Balaban J connectivity index is 1.18. The molecule has 2 aromatic rings. The van der Waals surface area contributed by atoms with Crippen molar-refractivity contribution < 1.29 is 0 Å². The maximum atomic E-state index is 4.56. The molecule has 156 valence electrons. The molecule has 0 aliphatic carbocycles. The molecule has 0 radical (unpaired) electrons. The lowest BCUT2D eigenvalue weighted by Crippen LogP contribution is -2.53. The maximum Gasteiger partial charge on any atom is 0.193 e. The van der Waals surface area contributed by atoms with Crippen LogP contribution in [0.15, 0.2) is 52.8 Å². The van der Waals surface area contributed by atoms with E-state index in [1.807, 2.05) is 18.4 Å². The maximum absolute atomic E-state index is 4.56. The van der Waals surface area contributed by atoms with Gasteiger partial charge in [0.2, 0.25) is 0 Å². The number of thiophene rings is 1. The number of guanidine groups is 1. The zero-order valence-corrected chi connectivity index (χ0v) is 18.3. The van der Waals surface area contributed by atoms with E-state index >= 15 is 0 Å². The van der Waals surface area contributed by atoms with Crippen molar-refractivity contribution >= 4 is 23.0 Å². The first-order valence-electron chi connectivity index (χ1n) is 10.8. The van der Waals surface area contributed by atoms with Gasteiger partial charge in [-0.2, -0.15) is 0 Å². The van der Waals surface area contributed by atoms with Gasteiger partial charge in [-0.25, -0.2) is 0 Å². The molecule has 0 saturated carbocycles. The highest BCUT2D eigenvalue weighted by atomic mass is 32.1.